The number of oxime groups is 1. The fourth-order valence-electron chi connectivity index (χ4n) is 1.10. The number of thioether (sulfide) groups is 1. The Kier molecular flexibility index (Phi) is 4.15. The van der Waals surface area contributed by atoms with Crippen molar-refractivity contribution >= 4 is 46.3 Å². The second-order valence-electron chi connectivity index (χ2n) is 3.31. The van der Waals surface area contributed by atoms with Crippen molar-refractivity contribution in [3.63, 3.8) is 0 Å². The van der Waals surface area contributed by atoms with Gasteiger partial charge in [-0.15, -0.1) is 11.3 Å². The van der Waals surface area contributed by atoms with Gasteiger partial charge in [0.15, 0.2) is 5.13 Å². The highest BCUT2D eigenvalue weighted by Crippen LogP contribution is 2.21. The predicted octanol–water partition coefficient (Wildman–Crippen LogP) is 0.632. The molecule has 2 heterocycles. The van der Waals surface area contributed by atoms with E-state index in [1.807, 2.05) is 0 Å². The molecule has 0 aromatic carbocycles. The van der Waals surface area contributed by atoms with Crippen LogP contribution in [0.2, 0.25) is 0 Å². The Hall–Kier alpha value is -1.61. The zero-order valence-electron chi connectivity index (χ0n) is 9.03. The Balaban J connectivity index is 2.11. The summed E-state index contributed by atoms with van der Waals surface area (Å²) in [7, 11) is 0. The minimum Gasteiger partial charge on any atom is -0.476 e. The molecule has 9 heteroatoms. The molecular formula is C9H9N3O4S2. The van der Waals surface area contributed by atoms with Crippen LogP contribution in [0.3, 0.4) is 0 Å². The lowest BCUT2D eigenvalue weighted by atomic mass is 10.3. The van der Waals surface area contributed by atoms with E-state index in [-0.39, 0.29) is 17.5 Å². The van der Waals surface area contributed by atoms with Crippen LogP contribution in [-0.4, -0.2) is 45.8 Å². The Morgan fingerprint density at radius 3 is 3.00 bits per heavy atom. The van der Waals surface area contributed by atoms with Crippen molar-refractivity contribution in [1.29, 1.82) is 0 Å². The lowest BCUT2D eigenvalue weighted by Crippen LogP contribution is -2.27. The highest BCUT2D eigenvalue weighted by molar-refractivity contribution is 8.00. The predicted molar refractivity (Wildman–Crippen MR) is 68.2 cm³/mol. The largest absolute Gasteiger partial charge is 0.476 e. The van der Waals surface area contributed by atoms with Crippen LogP contribution in [0.25, 0.3) is 0 Å². The lowest BCUT2D eigenvalue weighted by Gasteiger charge is -2.22. The van der Waals surface area contributed by atoms with E-state index in [1.165, 1.54) is 5.38 Å². The van der Waals surface area contributed by atoms with Crippen molar-refractivity contribution in [3.05, 3.63) is 11.1 Å². The summed E-state index contributed by atoms with van der Waals surface area (Å²) in [5, 5.41) is 16.8. The second-order valence-corrected chi connectivity index (χ2v) is 5.24. The summed E-state index contributed by atoms with van der Waals surface area (Å²) < 4.78 is 0. The number of carbonyl (C=O) groups excluding carboxylic acids is 1. The van der Waals surface area contributed by atoms with Crippen LogP contribution in [0.15, 0.2) is 10.5 Å². The van der Waals surface area contributed by atoms with Crippen molar-refractivity contribution in [1.82, 2.24) is 4.98 Å². The molecule has 1 aliphatic heterocycles. The molecule has 0 bridgehead atoms. The molecule has 18 heavy (non-hydrogen) atoms. The molecule has 0 spiro atoms. The van der Waals surface area contributed by atoms with Gasteiger partial charge in [-0.1, -0.05) is 5.16 Å². The Morgan fingerprint density at radius 1 is 1.67 bits per heavy atom. The van der Waals surface area contributed by atoms with Gasteiger partial charge in [0.05, 0.1) is 0 Å². The summed E-state index contributed by atoms with van der Waals surface area (Å²) in [5.41, 5.74) is -0.0917. The first kappa shape index (κ1) is 12.8. The van der Waals surface area contributed by atoms with Gasteiger partial charge in [-0.25, -0.2) is 9.78 Å². The molecule has 0 saturated carbocycles. The van der Waals surface area contributed by atoms with Crippen molar-refractivity contribution in [3.8, 4) is 0 Å². The normalized spacial score (nSPS) is 15.9. The maximum Gasteiger partial charge on any atom is 0.360 e. The van der Waals surface area contributed by atoms with Crippen LogP contribution in [0.4, 0.5) is 5.13 Å². The van der Waals surface area contributed by atoms with Crippen LogP contribution in [-0.2, 0) is 14.4 Å². The number of hydrogen-bond acceptors (Lipinski definition) is 7. The van der Waals surface area contributed by atoms with Gasteiger partial charge in [0.2, 0.25) is 12.1 Å². The minimum atomic E-state index is -1.22. The van der Waals surface area contributed by atoms with Gasteiger partial charge in [0, 0.05) is 16.9 Å². The smallest absolute Gasteiger partial charge is 0.360 e. The standard InChI is InChI=1S/C9H9N3O4S2/c13-4-10-9-11-6(3-18-9)7(8(14)15)12-16-5-1-17-2-5/h3-5H,1-2H2,(H,14,15)(H,10,11,13). The zero-order chi connectivity index (χ0) is 13.0. The van der Waals surface area contributed by atoms with Gasteiger partial charge in [-0.05, 0) is 0 Å². The van der Waals surface area contributed by atoms with Crippen LogP contribution in [0, 0.1) is 0 Å². The molecule has 1 amide bonds. The molecule has 2 N–H and O–H groups in total. The number of anilines is 1. The number of amides is 1. The zero-order valence-corrected chi connectivity index (χ0v) is 10.7. The fourth-order valence-corrected chi connectivity index (χ4v) is 2.30. The Labute approximate surface area is 110 Å². The van der Waals surface area contributed by atoms with Gasteiger partial charge in [-0.3, -0.25) is 4.79 Å². The lowest BCUT2D eigenvalue weighted by molar-refractivity contribution is -0.129. The van der Waals surface area contributed by atoms with E-state index in [4.69, 9.17) is 9.94 Å². The number of carboxylic acid groups (broad SMARTS) is 1. The van der Waals surface area contributed by atoms with E-state index < -0.39 is 5.97 Å². The number of aromatic nitrogens is 1. The highest BCUT2D eigenvalue weighted by atomic mass is 32.2. The van der Waals surface area contributed by atoms with Gasteiger partial charge in [0.25, 0.3) is 0 Å². The maximum atomic E-state index is 11.0. The van der Waals surface area contributed by atoms with Crippen LogP contribution < -0.4 is 5.32 Å². The quantitative estimate of drug-likeness (QED) is 0.452. The van der Waals surface area contributed by atoms with Crippen molar-refractivity contribution in [2.75, 3.05) is 16.8 Å². The number of thiazole rings is 1. The molecule has 1 aromatic heterocycles. The average Bonchev–Trinajstić information content (AvgIpc) is 2.70. The number of hydrogen-bond donors (Lipinski definition) is 2. The summed E-state index contributed by atoms with van der Waals surface area (Å²) >= 11 is 2.82. The van der Waals surface area contributed by atoms with E-state index in [9.17, 15) is 9.59 Å². The third kappa shape index (κ3) is 2.99. The summed E-state index contributed by atoms with van der Waals surface area (Å²) in [6, 6.07) is 0. The molecule has 1 fully saturated rings. The third-order valence-electron chi connectivity index (χ3n) is 2.03. The van der Waals surface area contributed by atoms with E-state index in [1.54, 1.807) is 11.8 Å². The first-order valence-electron chi connectivity index (χ1n) is 4.91. The summed E-state index contributed by atoms with van der Waals surface area (Å²) in [6.45, 7) is 0. The minimum absolute atomic E-state index is 0.0319. The highest BCUT2D eigenvalue weighted by Gasteiger charge is 2.22. The molecule has 0 aliphatic carbocycles. The topological polar surface area (TPSA) is 101 Å². The number of carboxylic acids is 1. The molecule has 96 valence electrons. The van der Waals surface area contributed by atoms with Gasteiger partial charge in [0.1, 0.15) is 11.8 Å². The average molecular weight is 287 g/mol. The van der Waals surface area contributed by atoms with Crippen molar-refractivity contribution < 1.29 is 19.5 Å². The molecule has 1 aliphatic rings. The molecular weight excluding hydrogens is 278 g/mol. The summed E-state index contributed by atoms with van der Waals surface area (Å²) in [5.74, 6) is 0.404. The van der Waals surface area contributed by atoms with E-state index in [0.29, 0.717) is 11.5 Å². The summed E-state index contributed by atoms with van der Waals surface area (Å²) in [4.78, 5) is 30.3. The molecule has 0 radical (unpaired) electrons. The van der Waals surface area contributed by atoms with Gasteiger partial charge >= 0.3 is 5.97 Å². The molecule has 1 aromatic rings. The molecule has 2 rings (SSSR count). The van der Waals surface area contributed by atoms with Crippen LogP contribution in [0.5, 0.6) is 0 Å². The van der Waals surface area contributed by atoms with Crippen LogP contribution in [0.1, 0.15) is 5.69 Å². The maximum absolute atomic E-state index is 11.0. The third-order valence-corrected chi connectivity index (χ3v) is 4.02. The number of aliphatic carboxylic acids is 1. The van der Waals surface area contributed by atoms with Crippen molar-refractivity contribution in [2.24, 2.45) is 5.16 Å². The summed E-state index contributed by atoms with van der Waals surface area (Å²) in [6.07, 6.45) is 0.443. The monoisotopic (exact) mass is 287 g/mol. The van der Waals surface area contributed by atoms with Crippen LogP contribution >= 0.6 is 23.1 Å². The Morgan fingerprint density at radius 2 is 2.44 bits per heavy atom. The van der Waals surface area contributed by atoms with Crippen molar-refractivity contribution in [2.45, 2.75) is 6.10 Å². The van der Waals surface area contributed by atoms with E-state index >= 15 is 0 Å². The number of nitrogens with one attached hydrogen (secondary N) is 1. The SMILES string of the molecule is O=CNc1nc(C(=NOC2CSC2)C(=O)O)cs1. The van der Waals surface area contributed by atoms with E-state index in [2.05, 4.69) is 15.5 Å². The first-order valence-corrected chi connectivity index (χ1v) is 6.95. The van der Waals surface area contributed by atoms with Gasteiger partial charge in [-0.2, -0.15) is 11.8 Å². The Bertz CT molecular complexity index is 484. The molecule has 7 nitrogen and oxygen atoms in total. The first-order chi connectivity index (χ1) is 8.70. The molecule has 0 atom stereocenters. The fraction of sp³-hybridized carbons (Fsp3) is 0.333. The second kappa shape index (κ2) is 5.83. The molecule has 0 unspecified atom stereocenters. The van der Waals surface area contributed by atoms with E-state index in [0.717, 1.165) is 22.8 Å². The number of nitrogens with zero attached hydrogens (tertiary/aromatic N) is 2. The number of carbonyl (C=O) groups is 2. The number of rotatable bonds is 6. The van der Waals surface area contributed by atoms with Gasteiger partial charge < -0.3 is 15.3 Å². The molecule has 1 saturated heterocycles.